The molecule has 1 saturated carbocycles. The molecule has 1 aromatic carbocycles. The summed E-state index contributed by atoms with van der Waals surface area (Å²) in [6.07, 6.45) is 4.60. The van der Waals surface area contributed by atoms with Crippen molar-refractivity contribution in [3.8, 4) is 5.75 Å². The zero-order valence-electron chi connectivity index (χ0n) is 13.1. The number of methoxy groups -OCH3 is 1. The molecule has 0 spiro atoms. The lowest BCUT2D eigenvalue weighted by atomic mass is 10.2. The van der Waals surface area contributed by atoms with Gasteiger partial charge in [-0.15, -0.1) is 0 Å². The van der Waals surface area contributed by atoms with E-state index in [1.165, 1.54) is 12.8 Å². The molecule has 3 N–H and O–H groups in total. The molecule has 1 aliphatic carbocycles. The van der Waals surface area contributed by atoms with E-state index >= 15 is 0 Å². The number of rotatable bonds is 3. The van der Waals surface area contributed by atoms with E-state index in [0.29, 0.717) is 29.8 Å². The Bertz CT molecular complexity index is 802. The lowest BCUT2D eigenvalue weighted by molar-refractivity contribution is 0.296. The molecule has 4 rings (SSSR count). The van der Waals surface area contributed by atoms with Gasteiger partial charge in [-0.2, -0.15) is 0 Å². The van der Waals surface area contributed by atoms with Crippen LogP contribution in [0.2, 0.25) is 0 Å². The summed E-state index contributed by atoms with van der Waals surface area (Å²) in [5, 5.41) is 18.9. The Hall–Kier alpha value is -2.50. The molecular weight excluding hydrogens is 292 g/mol. The van der Waals surface area contributed by atoms with E-state index in [1.807, 2.05) is 23.1 Å². The van der Waals surface area contributed by atoms with E-state index in [4.69, 9.17) is 10.1 Å². The highest BCUT2D eigenvalue weighted by atomic mass is 16.5. The molecule has 2 aromatic rings. The molecule has 1 aliphatic heterocycles. The molecule has 0 atom stereocenters. The number of aromatic nitrogens is 2. The first-order chi connectivity index (χ1) is 11.2. The van der Waals surface area contributed by atoms with Gasteiger partial charge in [0.1, 0.15) is 23.2 Å². The summed E-state index contributed by atoms with van der Waals surface area (Å²) in [5.41, 5.74) is 2.16. The van der Waals surface area contributed by atoms with E-state index in [2.05, 4.69) is 9.97 Å². The molecule has 0 unspecified atom stereocenters. The molecule has 120 valence electrons. The van der Waals surface area contributed by atoms with Crippen LogP contribution in [0.1, 0.15) is 31.5 Å². The molecule has 1 aromatic heterocycles. The Labute approximate surface area is 134 Å². The Morgan fingerprint density at radius 2 is 2.13 bits per heavy atom. The van der Waals surface area contributed by atoms with Crippen LogP contribution in [0, 0.1) is 5.41 Å². The molecule has 23 heavy (non-hydrogen) atoms. The van der Waals surface area contributed by atoms with Crippen LogP contribution in [0.4, 0.5) is 0 Å². The first kappa shape index (κ1) is 14.1. The number of benzene rings is 1. The number of nitrogens with zero attached hydrogens (tertiary/aromatic N) is 2. The fourth-order valence-electron chi connectivity index (χ4n) is 3.61. The number of nitrogens with one attached hydrogen (secondary N) is 2. The van der Waals surface area contributed by atoms with Gasteiger partial charge >= 0.3 is 0 Å². The van der Waals surface area contributed by atoms with Crippen LogP contribution in [-0.2, 0) is 0 Å². The summed E-state index contributed by atoms with van der Waals surface area (Å²) < 4.78 is 5.22. The van der Waals surface area contributed by atoms with Crippen molar-refractivity contribution < 1.29 is 9.84 Å². The summed E-state index contributed by atoms with van der Waals surface area (Å²) in [6.45, 7) is 0.416. The van der Waals surface area contributed by atoms with Gasteiger partial charge in [-0.25, -0.2) is 4.98 Å². The third kappa shape index (κ3) is 2.25. The van der Waals surface area contributed by atoms with Crippen LogP contribution in [-0.4, -0.2) is 45.5 Å². The summed E-state index contributed by atoms with van der Waals surface area (Å²) in [7, 11) is 1.62. The highest BCUT2D eigenvalue weighted by molar-refractivity contribution is 6.23. The fraction of sp³-hybridized carbons (Fsp3) is 0.412. The van der Waals surface area contributed by atoms with Crippen LogP contribution < -0.4 is 4.74 Å². The smallest absolute Gasteiger partial charge is 0.145 e. The summed E-state index contributed by atoms with van der Waals surface area (Å²) in [4.78, 5) is 9.75. The van der Waals surface area contributed by atoms with E-state index in [9.17, 15) is 5.11 Å². The monoisotopic (exact) mass is 312 g/mol. The van der Waals surface area contributed by atoms with Crippen LogP contribution in [0.15, 0.2) is 24.0 Å². The SMILES string of the molecule is COc1ccc2nc(C3=C(O)CN(C4CCCC4)C3=N)[nH]c2c1. The van der Waals surface area contributed by atoms with Gasteiger partial charge in [0.15, 0.2) is 0 Å². The molecule has 6 heteroatoms. The minimum absolute atomic E-state index is 0.230. The number of fused-ring (bicyclic) bond motifs is 1. The second-order valence-electron chi connectivity index (χ2n) is 6.20. The number of H-pyrrole nitrogens is 1. The zero-order valence-corrected chi connectivity index (χ0v) is 13.1. The van der Waals surface area contributed by atoms with Gasteiger partial charge in [0, 0.05) is 12.1 Å². The maximum Gasteiger partial charge on any atom is 0.145 e. The molecule has 6 nitrogen and oxygen atoms in total. The predicted octanol–water partition coefficient (Wildman–Crippen LogP) is 3.08. The number of hydrogen-bond donors (Lipinski definition) is 3. The van der Waals surface area contributed by atoms with E-state index < -0.39 is 0 Å². The van der Waals surface area contributed by atoms with Gasteiger partial charge in [-0.1, -0.05) is 12.8 Å². The standard InChI is InChI=1S/C17H20N4O2/c1-23-11-6-7-12-13(8-11)20-17(19-12)15-14(22)9-21(16(15)18)10-4-2-3-5-10/h6-8,10,18,22H,2-5,9H2,1H3,(H,19,20). The van der Waals surface area contributed by atoms with Crippen molar-refractivity contribution in [2.45, 2.75) is 31.7 Å². The van der Waals surface area contributed by atoms with E-state index in [0.717, 1.165) is 29.6 Å². The van der Waals surface area contributed by atoms with Crippen LogP contribution in [0.25, 0.3) is 16.6 Å². The van der Waals surface area contributed by atoms with Crippen molar-refractivity contribution in [3.63, 3.8) is 0 Å². The second kappa shape index (κ2) is 5.30. The van der Waals surface area contributed by atoms with Gasteiger partial charge in [0.05, 0.1) is 30.3 Å². The number of imidazole rings is 1. The average molecular weight is 312 g/mol. The van der Waals surface area contributed by atoms with Gasteiger partial charge in [0.25, 0.3) is 0 Å². The quantitative estimate of drug-likeness (QED) is 0.813. The maximum atomic E-state index is 10.4. The van der Waals surface area contributed by atoms with E-state index in [1.54, 1.807) is 7.11 Å². The molecule has 1 fully saturated rings. The molecule has 0 saturated heterocycles. The lowest BCUT2D eigenvalue weighted by Crippen LogP contribution is -2.35. The minimum Gasteiger partial charge on any atom is -0.510 e. The Morgan fingerprint density at radius 3 is 2.87 bits per heavy atom. The van der Waals surface area contributed by atoms with Crippen LogP contribution in [0.5, 0.6) is 5.75 Å². The highest BCUT2D eigenvalue weighted by Crippen LogP contribution is 2.33. The van der Waals surface area contributed by atoms with Crippen LogP contribution >= 0.6 is 0 Å². The number of amidine groups is 1. The van der Waals surface area contributed by atoms with Crippen molar-refractivity contribution in [1.82, 2.24) is 14.9 Å². The predicted molar refractivity (Wildman–Crippen MR) is 88.9 cm³/mol. The topological polar surface area (TPSA) is 85.2 Å². The van der Waals surface area contributed by atoms with Crippen molar-refractivity contribution in [2.24, 2.45) is 0 Å². The first-order valence-electron chi connectivity index (χ1n) is 7.99. The number of aliphatic hydroxyl groups is 1. The average Bonchev–Trinajstić information content (AvgIpc) is 3.25. The van der Waals surface area contributed by atoms with Crippen molar-refractivity contribution >= 4 is 22.4 Å². The first-order valence-corrected chi connectivity index (χ1v) is 7.99. The van der Waals surface area contributed by atoms with Gasteiger partial charge in [-0.05, 0) is 25.0 Å². The van der Waals surface area contributed by atoms with Crippen LogP contribution in [0.3, 0.4) is 0 Å². The maximum absolute atomic E-state index is 10.4. The molecule has 2 heterocycles. The summed E-state index contributed by atoms with van der Waals surface area (Å²) in [6, 6.07) is 5.97. The zero-order chi connectivity index (χ0) is 16.0. The molecule has 0 bridgehead atoms. The van der Waals surface area contributed by atoms with Gasteiger partial charge in [0.2, 0.25) is 0 Å². The molecule has 0 radical (unpaired) electrons. The second-order valence-corrected chi connectivity index (χ2v) is 6.20. The molecule has 0 amide bonds. The van der Waals surface area contributed by atoms with E-state index in [-0.39, 0.29) is 5.76 Å². The Kier molecular flexibility index (Phi) is 3.25. The number of aliphatic hydroxyl groups excluding tert-OH is 1. The number of ether oxygens (including phenoxy) is 1. The summed E-state index contributed by atoms with van der Waals surface area (Å²) >= 11 is 0. The van der Waals surface area contributed by atoms with Crippen molar-refractivity contribution in [3.05, 3.63) is 29.8 Å². The minimum atomic E-state index is 0.230. The lowest BCUT2D eigenvalue weighted by Gasteiger charge is -2.25. The normalized spacial score (nSPS) is 19.3. The highest BCUT2D eigenvalue weighted by Gasteiger charge is 2.35. The van der Waals surface area contributed by atoms with Gasteiger partial charge in [-0.3, -0.25) is 5.41 Å². The fourth-order valence-corrected chi connectivity index (χ4v) is 3.61. The molecular formula is C17H20N4O2. The third-order valence-corrected chi connectivity index (χ3v) is 4.82. The van der Waals surface area contributed by atoms with Gasteiger partial charge < -0.3 is 19.7 Å². The number of hydrogen-bond acceptors (Lipinski definition) is 4. The number of aromatic amines is 1. The molecule has 2 aliphatic rings. The Morgan fingerprint density at radius 1 is 1.35 bits per heavy atom. The van der Waals surface area contributed by atoms with Crippen molar-refractivity contribution in [1.29, 1.82) is 5.41 Å². The summed E-state index contributed by atoms with van der Waals surface area (Å²) in [5.74, 6) is 1.91. The largest absolute Gasteiger partial charge is 0.510 e. The Balaban J connectivity index is 1.69. The van der Waals surface area contributed by atoms with Crippen molar-refractivity contribution in [2.75, 3.05) is 13.7 Å². The third-order valence-electron chi connectivity index (χ3n) is 4.82.